The van der Waals surface area contributed by atoms with Crippen molar-refractivity contribution < 1.29 is 33.6 Å². The van der Waals surface area contributed by atoms with Crippen LogP contribution >= 0.6 is 0 Å². The van der Waals surface area contributed by atoms with Crippen molar-refractivity contribution in [1.29, 1.82) is 0 Å². The first-order chi connectivity index (χ1) is 14.3. The fourth-order valence-electron chi connectivity index (χ4n) is 3.20. The van der Waals surface area contributed by atoms with Crippen LogP contribution in [0.25, 0.3) is 0 Å². The van der Waals surface area contributed by atoms with Crippen LogP contribution in [0.4, 0.5) is 5.69 Å². The number of nitro groups is 1. The van der Waals surface area contributed by atoms with Crippen molar-refractivity contribution in [1.82, 2.24) is 9.80 Å². The van der Waals surface area contributed by atoms with Gasteiger partial charge in [-0.1, -0.05) is 12.1 Å². The highest BCUT2D eigenvalue weighted by molar-refractivity contribution is 6.23. The molecule has 0 saturated carbocycles. The average Bonchev–Trinajstić information content (AvgIpc) is 3.12. The Kier molecular flexibility index (Phi) is 4.34. The van der Waals surface area contributed by atoms with E-state index >= 15 is 0 Å². The van der Waals surface area contributed by atoms with Crippen molar-refractivity contribution >= 4 is 35.3 Å². The molecule has 0 N–H and O–H groups in total. The van der Waals surface area contributed by atoms with E-state index in [1.54, 1.807) is 12.1 Å². The monoisotopic (exact) mass is 409 g/mol. The Morgan fingerprint density at radius 3 is 1.97 bits per heavy atom. The van der Waals surface area contributed by atoms with Crippen molar-refractivity contribution in [3.8, 4) is 0 Å². The van der Waals surface area contributed by atoms with E-state index in [9.17, 15) is 34.1 Å². The van der Waals surface area contributed by atoms with Crippen molar-refractivity contribution in [3.05, 3.63) is 74.8 Å². The maximum Gasteiger partial charge on any atom is 0.327 e. The lowest BCUT2D eigenvalue weighted by Gasteiger charge is -2.16. The molecule has 0 unspecified atom stereocenters. The SMILES string of the molecule is O=C(CN1C(=O)c2ccc([N+](=O)[O-])cc2C1=O)OCN1C(=O)c2ccccc2C1=O. The lowest BCUT2D eigenvalue weighted by Crippen LogP contribution is -2.38. The molecular weight excluding hydrogens is 398 g/mol. The van der Waals surface area contributed by atoms with Crippen LogP contribution in [0.2, 0.25) is 0 Å². The summed E-state index contributed by atoms with van der Waals surface area (Å²) < 4.78 is 4.91. The number of amides is 4. The van der Waals surface area contributed by atoms with Crippen LogP contribution in [0.1, 0.15) is 41.4 Å². The summed E-state index contributed by atoms with van der Waals surface area (Å²) in [5.74, 6) is -3.97. The van der Waals surface area contributed by atoms with E-state index in [1.807, 2.05) is 0 Å². The van der Waals surface area contributed by atoms with Gasteiger partial charge in [0.25, 0.3) is 29.3 Å². The second kappa shape index (κ2) is 6.88. The summed E-state index contributed by atoms with van der Waals surface area (Å²) >= 11 is 0. The molecular formula is C19H11N3O8. The summed E-state index contributed by atoms with van der Waals surface area (Å²) in [5, 5.41) is 10.9. The van der Waals surface area contributed by atoms with Gasteiger partial charge in [-0.05, 0) is 18.2 Å². The number of carbonyl (C=O) groups excluding carboxylic acids is 5. The van der Waals surface area contributed by atoms with Crippen molar-refractivity contribution in [2.75, 3.05) is 13.3 Å². The van der Waals surface area contributed by atoms with Crippen LogP contribution in [0.5, 0.6) is 0 Å². The number of nitrogens with zero attached hydrogens (tertiary/aromatic N) is 3. The minimum absolute atomic E-state index is 0.0706. The summed E-state index contributed by atoms with van der Waals surface area (Å²) in [4.78, 5) is 72.8. The molecule has 0 bridgehead atoms. The maximum absolute atomic E-state index is 12.4. The van der Waals surface area contributed by atoms with Gasteiger partial charge in [0.15, 0.2) is 6.73 Å². The van der Waals surface area contributed by atoms with Crippen LogP contribution in [-0.4, -0.2) is 57.6 Å². The number of hydrogen-bond donors (Lipinski definition) is 0. The zero-order valence-corrected chi connectivity index (χ0v) is 15.1. The van der Waals surface area contributed by atoms with Gasteiger partial charge in [0, 0.05) is 12.1 Å². The fourth-order valence-corrected chi connectivity index (χ4v) is 3.20. The number of benzene rings is 2. The lowest BCUT2D eigenvalue weighted by molar-refractivity contribution is -0.384. The third-order valence-corrected chi connectivity index (χ3v) is 4.69. The highest BCUT2D eigenvalue weighted by atomic mass is 16.6. The summed E-state index contributed by atoms with van der Waals surface area (Å²) in [7, 11) is 0. The van der Waals surface area contributed by atoms with Crippen LogP contribution in [0.3, 0.4) is 0 Å². The van der Waals surface area contributed by atoms with E-state index in [0.29, 0.717) is 4.90 Å². The van der Waals surface area contributed by atoms with Gasteiger partial charge in [-0.3, -0.25) is 39.0 Å². The minimum Gasteiger partial charge on any atom is -0.442 e. The molecule has 2 aliphatic heterocycles. The van der Waals surface area contributed by atoms with E-state index in [0.717, 1.165) is 23.1 Å². The van der Waals surface area contributed by atoms with E-state index in [4.69, 9.17) is 4.74 Å². The molecule has 0 saturated heterocycles. The van der Waals surface area contributed by atoms with Gasteiger partial charge >= 0.3 is 5.97 Å². The number of imide groups is 2. The Balaban J connectivity index is 1.42. The zero-order chi connectivity index (χ0) is 21.6. The topological polar surface area (TPSA) is 144 Å². The van der Waals surface area contributed by atoms with Gasteiger partial charge in [-0.2, -0.15) is 0 Å². The predicted molar refractivity (Wildman–Crippen MR) is 96.4 cm³/mol. The molecule has 2 heterocycles. The highest BCUT2D eigenvalue weighted by Crippen LogP contribution is 2.27. The molecule has 4 amide bonds. The number of ether oxygens (including phenoxy) is 1. The van der Waals surface area contributed by atoms with Gasteiger partial charge < -0.3 is 4.74 Å². The van der Waals surface area contributed by atoms with Crippen molar-refractivity contribution in [2.45, 2.75) is 0 Å². The molecule has 11 heteroatoms. The molecule has 4 rings (SSSR count). The Hall–Kier alpha value is -4.41. The van der Waals surface area contributed by atoms with Crippen molar-refractivity contribution in [3.63, 3.8) is 0 Å². The quantitative estimate of drug-likeness (QED) is 0.308. The predicted octanol–water partition coefficient (Wildman–Crippen LogP) is 0.988. The minimum atomic E-state index is -1.03. The smallest absolute Gasteiger partial charge is 0.327 e. The first kappa shape index (κ1) is 18.9. The normalized spacial score (nSPS) is 14.8. The Bertz CT molecular complexity index is 1140. The number of fused-ring (bicyclic) bond motifs is 2. The van der Waals surface area contributed by atoms with Crippen LogP contribution in [-0.2, 0) is 9.53 Å². The molecule has 11 nitrogen and oxygen atoms in total. The highest BCUT2D eigenvalue weighted by Gasteiger charge is 2.39. The largest absolute Gasteiger partial charge is 0.442 e. The molecule has 0 fully saturated rings. The Labute approximate surface area is 167 Å². The van der Waals surface area contributed by atoms with E-state index < -0.39 is 47.8 Å². The van der Waals surface area contributed by atoms with Gasteiger partial charge in [0.2, 0.25) is 0 Å². The number of hydrogen-bond acceptors (Lipinski definition) is 8. The number of carbonyl (C=O) groups is 5. The van der Waals surface area contributed by atoms with Crippen molar-refractivity contribution in [2.24, 2.45) is 0 Å². The molecule has 0 radical (unpaired) electrons. The standard InChI is InChI=1S/C19H11N3O8/c23-15(30-9-21-17(25)11-3-1-2-4-12(11)18(21)26)8-20-16(24)13-6-5-10(22(28)29)7-14(13)19(20)27/h1-7H,8-9H2. The van der Waals surface area contributed by atoms with Crippen LogP contribution < -0.4 is 0 Å². The molecule has 0 aliphatic carbocycles. The second-order valence-electron chi connectivity index (χ2n) is 6.41. The van der Waals surface area contributed by atoms with E-state index in [1.165, 1.54) is 12.1 Å². The summed E-state index contributed by atoms with van der Waals surface area (Å²) in [6, 6.07) is 9.29. The second-order valence-corrected chi connectivity index (χ2v) is 6.41. The van der Waals surface area contributed by atoms with Gasteiger partial charge in [0.1, 0.15) is 6.54 Å². The molecule has 0 atom stereocenters. The molecule has 30 heavy (non-hydrogen) atoms. The average molecular weight is 409 g/mol. The van der Waals surface area contributed by atoms with Gasteiger partial charge in [-0.25, -0.2) is 4.90 Å². The third-order valence-electron chi connectivity index (χ3n) is 4.69. The zero-order valence-electron chi connectivity index (χ0n) is 15.1. The molecule has 150 valence electrons. The number of rotatable bonds is 5. The molecule has 0 aromatic heterocycles. The molecule has 2 aromatic rings. The van der Waals surface area contributed by atoms with Crippen LogP contribution in [0, 0.1) is 10.1 Å². The van der Waals surface area contributed by atoms with E-state index in [2.05, 4.69) is 0 Å². The summed E-state index contributed by atoms with van der Waals surface area (Å²) in [6.07, 6.45) is 0. The van der Waals surface area contributed by atoms with E-state index in [-0.39, 0.29) is 27.9 Å². The number of esters is 1. The first-order valence-electron chi connectivity index (χ1n) is 8.55. The lowest BCUT2D eigenvalue weighted by atomic mass is 10.1. The summed E-state index contributed by atoms with van der Waals surface area (Å²) in [6.45, 7) is -1.46. The number of non-ortho nitro benzene ring substituents is 1. The first-order valence-corrected chi connectivity index (χ1v) is 8.55. The Morgan fingerprint density at radius 1 is 0.833 bits per heavy atom. The number of nitro benzene ring substituents is 1. The molecule has 0 spiro atoms. The van der Waals surface area contributed by atoms with Gasteiger partial charge in [0.05, 0.1) is 27.2 Å². The molecule has 2 aliphatic rings. The fraction of sp³-hybridized carbons (Fsp3) is 0.105. The van der Waals surface area contributed by atoms with Crippen LogP contribution in [0.15, 0.2) is 42.5 Å². The maximum atomic E-state index is 12.4. The summed E-state index contributed by atoms with van der Waals surface area (Å²) in [5.41, 5.74) is -0.271. The molecule has 2 aromatic carbocycles. The Morgan fingerprint density at radius 2 is 1.37 bits per heavy atom. The third kappa shape index (κ3) is 2.89. The van der Waals surface area contributed by atoms with Gasteiger partial charge in [-0.15, -0.1) is 0 Å².